The molecular formula is C17H26N3O3+. The molecule has 0 aromatic heterocycles. The minimum atomic E-state index is -1.14. The minimum Gasteiger partial charge on any atom is -0.544 e. The molecule has 1 saturated heterocycles. The molecule has 6 heteroatoms. The van der Waals surface area contributed by atoms with E-state index in [9.17, 15) is 14.7 Å². The first-order valence-corrected chi connectivity index (χ1v) is 8.10. The summed E-state index contributed by atoms with van der Waals surface area (Å²) in [4.78, 5) is 26.1. The van der Waals surface area contributed by atoms with E-state index in [1.54, 1.807) is 0 Å². The van der Waals surface area contributed by atoms with Crippen LogP contribution in [0.15, 0.2) is 18.2 Å². The molecule has 1 aliphatic rings. The molecule has 1 aliphatic heterocycles. The third kappa shape index (κ3) is 4.77. The van der Waals surface area contributed by atoms with Crippen molar-refractivity contribution in [3.8, 4) is 0 Å². The number of aliphatic carboxylic acids is 1. The Morgan fingerprint density at radius 2 is 1.87 bits per heavy atom. The van der Waals surface area contributed by atoms with Crippen LogP contribution in [0.2, 0.25) is 0 Å². The number of rotatable bonds is 5. The van der Waals surface area contributed by atoms with E-state index in [0.29, 0.717) is 0 Å². The Bertz CT molecular complexity index is 580. The predicted molar refractivity (Wildman–Crippen MR) is 85.3 cm³/mol. The Labute approximate surface area is 137 Å². The first-order valence-electron chi connectivity index (χ1n) is 8.10. The van der Waals surface area contributed by atoms with E-state index in [-0.39, 0.29) is 12.3 Å². The highest BCUT2D eigenvalue weighted by Crippen LogP contribution is 2.16. The van der Waals surface area contributed by atoms with Crippen LogP contribution in [0.3, 0.4) is 0 Å². The van der Waals surface area contributed by atoms with E-state index in [0.717, 1.165) is 47.9 Å². The summed E-state index contributed by atoms with van der Waals surface area (Å²) in [5.74, 6) is -1.41. The van der Waals surface area contributed by atoms with Crippen LogP contribution in [-0.2, 0) is 9.59 Å². The van der Waals surface area contributed by atoms with Gasteiger partial charge < -0.3 is 25.0 Å². The van der Waals surface area contributed by atoms with Gasteiger partial charge in [-0.1, -0.05) is 12.1 Å². The lowest BCUT2D eigenvalue weighted by atomic mass is 10.1. The summed E-state index contributed by atoms with van der Waals surface area (Å²) in [6, 6.07) is 5.03. The maximum Gasteiger partial charge on any atom is 0.230 e. The molecule has 0 spiro atoms. The van der Waals surface area contributed by atoms with E-state index in [4.69, 9.17) is 0 Å². The largest absolute Gasteiger partial charge is 0.544 e. The Morgan fingerprint density at radius 3 is 2.48 bits per heavy atom. The van der Waals surface area contributed by atoms with Gasteiger partial charge in [-0.05, 0) is 31.0 Å². The molecule has 1 heterocycles. The van der Waals surface area contributed by atoms with Gasteiger partial charge in [-0.15, -0.1) is 0 Å². The number of carboxylic acid groups (broad SMARTS) is 1. The monoisotopic (exact) mass is 320 g/mol. The molecule has 1 fully saturated rings. The predicted octanol–water partition coefficient (Wildman–Crippen LogP) is -2.84. The van der Waals surface area contributed by atoms with E-state index < -0.39 is 12.0 Å². The Balaban J connectivity index is 2.00. The fourth-order valence-corrected chi connectivity index (χ4v) is 3.00. The molecule has 0 unspecified atom stereocenters. The SMILES string of the molecule is Cc1ccc(C)c(NC(=O)C[C@@H](C(=O)[O-])[NH+]2CC[NH+](C)CC2)c1. The van der Waals surface area contributed by atoms with Crippen LogP contribution in [0.1, 0.15) is 17.5 Å². The summed E-state index contributed by atoms with van der Waals surface area (Å²) < 4.78 is 0. The quantitative estimate of drug-likeness (QED) is 0.547. The molecule has 0 saturated carbocycles. The number of amides is 1. The third-order valence-electron chi connectivity index (χ3n) is 4.58. The Kier molecular flexibility index (Phi) is 5.74. The van der Waals surface area contributed by atoms with Gasteiger partial charge >= 0.3 is 0 Å². The molecule has 3 N–H and O–H groups in total. The van der Waals surface area contributed by atoms with Crippen molar-refractivity contribution in [3.63, 3.8) is 0 Å². The molecule has 1 amide bonds. The number of carbonyl (C=O) groups excluding carboxylic acids is 2. The highest BCUT2D eigenvalue weighted by Gasteiger charge is 2.30. The number of aryl methyl sites for hydroxylation is 2. The molecule has 2 rings (SSSR count). The van der Waals surface area contributed by atoms with Gasteiger partial charge in [-0.2, -0.15) is 0 Å². The number of carboxylic acids is 1. The summed E-state index contributed by atoms with van der Waals surface area (Å²) in [7, 11) is 2.10. The zero-order valence-electron chi connectivity index (χ0n) is 14.1. The number of hydrogen-bond acceptors (Lipinski definition) is 3. The first-order chi connectivity index (χ1) is 10.9. The van der Waals surface area contributed by atoms with Gasteiger partial charge in [0.15, 0.2) is 0 Å². The second-order valence-electron chi connectivity index (χ2n) is 6.56. The maximum atomic E-state index is 12.3. The number of likely N-dealkylation sites (N-methyl/N-ethyl adjacent to an activating group) is 1. The van der Waals surface area contributed by atoms with Crippen molar-refractivity contribution in [2.75, 3.05) is 38.5 Å². The highest BCUT2D eigenvalue weighted by atomic mass is 16.4. The first kappa shape index (κ1) is 17.4. The van der Waals surface area contributed by atoms with Crippen LogP contribution in [-0.4, -0.2) is 51.1 Å². The normalized spacial score (nSPS) is 22.4. The lowest BCUT2D eigenvalue weighted by Crippen LogP contribution is -3.29. The Morgan fingerprint density at radius 1 is 1.22 bits per heavy atom. The van der Waals surface area contributed by atoms with Crippen LogP contribution >= 0.6 is 0 Å². The van der Waals surface area contributed by atoms with Gasteiger partial charge in [0.1, 0.15) is 32.2 Å². The van der Waals surface area contributed by atoms with Crippen molar-refractivity contribution in [2.24, 2.45) is 0 Å². The molecule has 1 aromatic carbocycles. The summed E-state index contributed by atoms with van der Waals surface area (Å²) in [5, 5.41) is 14.3. The molecule has 6 nitrogen and oxygen atoms in total. The summed E-state index contributed by atoms with van der Waals surface area (Å²) in [5.41, 5.74) is 2.75. The molecule has 0 aliphatic carbocycles. The van der Waals surface area contributed by atoms with Crippen molar-refractivity contribution in [3.05, 3.63) is 29.3 Å². The van der Waals surface area contributed by atoms with Crippen LogP contribution in [0, 0.1) is 13.8 Å². The fraction of sp³-hybridized carbons (Fsp3) is 0.529. The molecular weight excluding hydrogens is 294 g/mol. The van der Waals surface area contributed by atoms with Crippen LogP contribution in [0.4, 0.5) is 5.69 Å². The Hall–Kier alpha value is -1.92. The van der Waals surface area contributed by atoms with Crippen molar-refractivity contribution >= 4 is 17.6 Å². The molecule has 0 radical (unpaired) electrons. The van der Waals surface area contributed by atoms with Gasteiger partial charge in [0.05, 0.1) is 19.4 Å². The van der Waals surface area contributed by atoms with Gasteiger partial charge in [-0.3, -0.25) is 4.79 Å². The second kappa shape index (κ2) is 7.57. The number of anilines is 1. The van der Waals surface area contributed by atoms with Crippen molar-refractivity contribution < 1.29 is 24.5 Å². The standard InChI is InChI=1S/C17H25N3O3/c1-12-4-5-13(2)14(10-12)18-16(21)11-15(17(22)23)20-8-6-19(3)7-9-20/h4-5,10,15H,6-9,11H2,1-3H3,(H,18,21)(H,22,23)/p+1/t15-/m0/s1. The highest BCUT2D eigenvalue weighted by molar-refractivity contribution is 5.94. The van der Waals surface area contributed by atoms with E-state index in [1.807, 2.05) is 32.0 Å². The van der Waals surface area contributed by atoms with E-state index in [2.05, 4.69) is 12.4 Å². The maximum absolute atomic E-state index is 12.3. The molecule has 0 bridgehead atoms. The molecule has 126 valence electrons. The summed E-state index contributed by atoms with van der Waals surface area (Å²) in [6.45, 7) is 7.20. The van der Waals surface area contributed by atoms with Gasteiger partial charge in [0, 0.05) is 5.69 Å². The number of benzene rings is 1. The number of carbonyl (C=O) groups is 2. The molecule has 23 heavy (non-hydrogen) atoms. The average molecular weight is 320 g/mol. The van der Waals surface area contributed by atoms with Crippen molar-refractivity contribution in [1.82, 2.24) is 0 Å². The molecule has 1 atom stereocenters. The number of quaternary nitrogens is 2. The van der Waals surface area contributed by atoms with Crippen LogP contribution < -0.4 is 20.2 Å². The lowest BCUT2D eigenvalue weighted by molar-refractivity contribution is -1.01. The van der Waals surface area contributed by atoms with E-state index >= 15 is 0 Å². The fourth-order valence-electron chi connectivity index (χ4n) is 3.00. The van der Waals surface area contributed by atoms with Crippen molar-refractivity contribution in [2.45, 2.75) is 26.3 Å². The van der Waals surface area contributed by atoms with Gasteiger partial charge in [0.25, 0.3) is 0 Å². The van der Waals surface area contributed by atoms with E-state index in [1.165, 1.54) is 4.90 Å². The number of nitrogens with one attached hydrogen (secondary N) is 3. The third-order valence-corrected chi connectivity index (χ3v) is 4.58. The summed E-state index contributed by atoms with van der Waals surface area (Å²) in [6.07, 6.45) is -0.0515. The van der Waals surface area contributed by atoms with Crippen LogP contribution in [0.25, 0.3) is 0 Å². The zero-order chi connectivity index (χ0) is 17.0. The summed E-state index contributed by atoms with van der Waals surface area (Å²) >= 11 is 0. The topological polar surface area (TPSA) is 78.1 Å². The lowest BCUT2D eigenvalue weighted by Gasteiger charge is -2.33. The van der Waals surface area contributed by atoms with Crippen molar-refractivity contribution in [1.29, 1.82) is 0 Å². The average Bonchev–Trinajstić information content (AvgIpc) is 2.49. The molecule has 1 aromatic rings. The number of piperazine rings is 1. The van der Waals surface area contributed by atoms with Gasteiger partial charge in [0.2, 0.25) is 5.91 Å². The van der Waals surface area contributed by atoms with Gasteiger partial charge in [-0.25, -0.2) is 0 Å². The zero-order valence-corrected chi connectivity index (χ0v) is 14.1. The van der Waals surface area contributed by atoms with Crippen LogP contribution in [0.5, 0.6) is 0 Å². The second-order valence-corrected chi connectivity index (χ2v) is 6.56. The minimum absolute atomic E-state index is 0.0515. The number of hydrogen-bond donors (Lipinski definition) is 3. The smallest absolute Gasteiger partial charge is 0.230 e.